The first kappa shape index (κ1) is 13.8. The fourth-order valence-electron chi connectivity index (χ4n) is 1.71. The lowest BCUT2D eigenvalue weighted by atomic mass is 10.2. The van der Waals surface area contributed by atoms with Gasteiger partial charge < -0.3 is 15.4 Å². The van der Waals surface area contributed by atoms with Crippen molar-refractivity contribution in [1.29, 1.82) is 0 Å². The van der Waals surface area contributed by atoms with Crippen LogP contribution in [0.25, 0.3) is 0 Å². The molecule has 0 spiro atoms. The van der Waals surface area contributed by atoms with Crippen LogP contribution in [0.5, 0.6) is 0 Å². The Labute approximate surface area is 107 Å². The van der Waals surface area contributed by atoms with Crippen molar-refractivity contribution in [2.45, 2.75) is 19.1 Å². The van der Waals surface area contributed by atoms with Crippen molar-refractivity contribution in [2.75, 3.05) is 13.1 Å². The summed E-state index contributed by atoms with van der Waals surface area (Å²) in [5, 5.41) is 6.01. The summed E-state index contributed by atoms with van der Waals surface area (Å²) in [4.78, 5) is 11.4. The van der Waals surface area contributed by atoms with Gasteiger partial charge in [0.25, 0.3) is 0 Å². The number of nitrogens with one attached hydrogen (secondary N) is 2. The van der Waals surface area contributed by atoms with Gasteiger partial charge in [-0.25, -0.2) is 4.79 Å². The van der Waals surface area contributed by atoms with E-state index in [1.807, 2.05) is 30.3 Å². The predicted molar refractivity (Wildman–Crippen MR) is 68.3 cm³/mol. The maximum absolute atomic E-state index is 11.4. The van der Waals surface area contributed by atoms with Crippen LogP contribution >= 0.6 is 12.4 Å². The minimum Gasteiger partial charge on any atom is -0.445 e. The van der Waals surface area contributed by atoms with Crippen LogP contribution in [-0.2, 0) is 11.3 Å². The van der Waals surface area contributed by atoms with Gasteiger partial charge in [0.2, 0.25) is 0 Å². The second-order valence-electron chi connectivity index (χ2n) is 3.90. The van der Waals surface area contributed by atoms with E-state index in [0.717, 1.165) is 25.1 Å². The van der Waals surface area contributed by atoms with E-state index >= 15 is 0 Å². The number of rotatable bonds is 3. The summed E-state index contributed by atoms with van der Waals surface area (Å²) in [7, 11) is 0. The molecule has 1 atom stereocenters. The van der Waals surface area contributed by atoms with E-state index in [1.165, 1.54) is 0 Å². The van der Waals surface area contributed by atoms with Crippen LogP contribution in [0.15, 0.2) is 30.3 Å². The number of amides is 1. The molecule has 0 aliphatic carbocycles. The van der Waals surface area contributed by atoms with Crippen LogP contribution in [0, 0.1) is 0 Å². The van der Waals surface area contributed by atoms with E-state index in [1.54, 1.807) is 0 Å². The summed E-state index contributed by atoms with van der Waals surface area (Å²) in [6, 6.07) is 9.88. The number of halogens is 1. The molecule has 94 valence electrons. The van der Waals surface area contributed by atoms with Gasteiger partial charge in [-0.3, -0.25) is 0 Å². The molecule has 1 aliphatic rings. The van der Waals surface area contributed by atoms with E-state index in [4.69, 9.17) is 4.74 Å². The lowest BCUT2D eigenvalue weighted by Crippen LogP contribution is -2.36. The lowest BCUT2D eigenvalue weighted by molar-refractivity contribution is 0.136. The molecule has 0 radical (unpaired) electrons. The molecule has 0 unspecified atom stereocenters. The highest BCUT2D eigenvalue weighted by Gasteiger charge is 2.16. The number of hydrogen-bond donors (Lipinski definition) is 2. The van der Waals surface area contributed by atoms with Gasteiger partial charge in [0.1, 0.15) is 6.61 Å². The topological polar surface area (TPSA) is 50.4 Å². The normalized spacial score (nSPS) is 18.2. The molecular formula is C12H17ClN2O2. The van der Waals surface area contributed by atoms with E-state index < -0.39 is 0 Å². The molecule has 2 N–H and O–H groups in total. The molecule has 5 heteroatoms. The molecule has 1 aromatic rings. The molecule has 1 amide bonds. The third-order valence-corrected chi connectivity index (χ3v) is 2.60. The third kappa shape index (κ3) is 4.63. The zero-order valence-corrected chi connectivity index (χ0v) is 10.3. The summed E-state index contributed by atoms with van der Waals surface area (Å²) in [6.45, 7) is 2.12. The largest absolute Gasteiger partial charge is 0.445 e. The van der Waals surface area contributed by atoms with Gasteiger partial charge in [0, 0.05) is 12.6 Å². The predicted octanol–water partition coefficient (Wildman–Crippen LogP) is 1.70. The second-order valence-corrected chi connectivity index (χ2v) is 3.90. The van der Waals surface area contributed by atoms with Crippen LogP contribution in [0.2, 0.25) is 0 Å². The lowest BCUT2D eigenvalue weighted by Gasteiger charge is -2.11. The molecule has 4 nitrogen and oxygen atoms in total. The Morgan fingerprint density at radius 3 is 2.82 bits per heavy atom. The summed E-state index contributed by atoms with van der Waals surface area (Å²) in [5.74, 6) is 0. The summed E-state index contributed by atoms with van der Waals surface area (Å²) < 4.78 is 5.11. The van der Waals surface area contributed by atoms with Gasteiger partial charge in [0.05, 0.1) is 0 Å². The third-order valence-electron chi connectivity index (χ3n) is 2.60. The quantitative estimate of drug-likeness (QED) is 0.866. The maximum Gasteiger partial charge on any atom is 0.407 e. The van der Waals surface area contributed by atoms with Crippen molar-refractivity contribution in [3.63, 3.8) is 0 Å². The van der Waals surface area contributed by atoms with Gasteiger partial charge in [-0.05, 0) is 18.5 Å². The minimum atomic E-state index is -0.336. The molecule has 17 heavy (non-hydrogen) atoms. The van der Waals surface area contributed by atoms with Crippen LogP contribution in [0.4, 0.5) is 4.79 Å². The summed E-state index contributed by atoms with van der Waals surface area (Å²) >= 11 is 0. The van der Waals surface area contributed by atoms with Gasteiger partial charge >= 0.3 is 6.09 Å². The van der Waals surface area contributed by atoms with Crippen molar-refractivity contribution in [2.24, 2.45) is 0 Å². The van der Waals surface area contributed by atoms with E-state index in [9.17, 15) is 4.79 Å². The molecule has 1 aliphatic heterocycles. The average Bonchev–Trinajstić information content (AvgIpc) is 2.81. The Morgan fingerprint density at radius 1 is 1.41 bits per heavy atom. The van der Waals surface area contributed by atoms with Crippen molar-refractivity contribution in [1.82, 2.24) is 10.6 Å². The Balaban J connectivity index is 0.00000144. The molecule has 0 aromatic heterocycles. The molecule has 2 rings (SSSR count). The molecule has 0 bridgehead atoms. The van der Waals surface area contributed by atoms with E-state index in [2.05, 4.69) is 10.6 Å². The number of carbonyl (C=O) groups is 1. The average molecular weight is 257 g/mol. The van der Waals surface area contributed by atoms with Gasteiger partial charge in [-0.1, -0.05) is 30.3 Å². The Morgan fingerprint density at radius 2 is 2.18 bits per heavy atom. The fourth-order valence-corrected chi connectivity index (χ4v) is 1.71. The van der Waals surface area contributed by atoms with Crippen LogP contribution in [0.1, 0.15) is 12.0 Å². The zero-order chi connectivity index (χ0) is 11.2. The molecular weight excluding hydrogens is 240 g/mol. The van der Waals surface area contributed by atoms with Crippen LogP contribution in [-0.4, -0.2) is 25.2 Å². The highest BCUT2D eigenvalue weighted by atomic mass is 35.5. The van der Waals surface area contributed by atoms with Crippen molar-refractivity contribution in [3.8, 4) is 0 Å². The van der Waals surface area contributed by atoms with Crippen LogP contribution in [0.3, 0.4) is 0 Å². The van der Waals surface area contributed by atoms with Crippen LogP contribution < -0.4 is 10.6 Å². The monoisotopic (exact) mass is 256 g/mol. The first-order valence-corrected chi connectivity index (χ1v) is 5.52. The number of alkyl carbamates (subject to hydrolysis) is 1. The van der Waals surface area contributed by atoms with Gasteiger partial charge in [-0.15, -0.1) is 12.4 Å². The Bertz CT molecular complexity index is 340. The summed E-state index contributed by atoms with van der Waals surface area (Å²) in [6.07, 6.45) is 0.637. The van der Waals surface area contributed by atoms with Crippen molar-refractivity contribution in [3.05, 3.63) is 35.9 Å². The number of benzene rings is 1. The Hall–Kier alpha value is -1.26. The standard InChI is InChI=1S/C12H16N2O2.ClH/c15-12(14-11-6-7-13-8-11)16-9-10-4-2-1-3-5-10;/h1-5,11,13H,6-9H2,(H,14,15);1H/t11-;/m0./s1. The molecule has 1 saturated heterocycles. The fraction of sp³-hybridized carbons (Fsp3) is 0.417. The molecule has 1 heterocycles. The second kappa shape index (κ2) is 7.14. The SMILES string of the molecule is Cl.O=C(N[C@H]1CCNC1)OCc1ccccc1. The molecule has 1 aromatic carbocycles. The highest BCUT2D eigenvalue weighted by Crippen LogP contribution is 2.02. The number of ether oxygens (including phenoxy) is 1. The first-order valence-electron chi connectivity index (χ1n) is 5.52. The molecule has 0 saturated carbocycles. The van der Waals surface area contributed by atoms with Crippen molar-refractivity contribution < 1.29 is 9.53 Å². The van der Waals surface area contributed by atoms with Crippen molar-refractivity contribution >= 4 is 18.5 Å². The number of carbonyl (C=O) groups excluding carboxylic acids is 1. The molecule has 1 fully saturated rings. The van der Waals surface area contributed by atoms with Gasteiger partial charge in [-0.2, -0.15) is 0 Å². The highest BCUT2D eigenvalue weighted by molar-refractivity contribution is 5.85. The summed E-state index contributed by atoms with van der Waals surface area (Å²) in [5.41, 5.74) is 1.00. The minimum absolute atomic E-state index is 0. The smallest absolute Gasteiger partial charge is 0.407 e. The van der Waals surface area contributed by atoms with E-state index in [-0.39, 0.29) is 24.5 Å². The van der Waals surface area contributed by atoms with E-state index in [0.29, 0.717) is 6.61 Å². The first-order chi connectivity index (χ1) is 7.84. The van der Waals surface area contributed by atoms with Gasteiger partial charge in [0.15, 0.2) is 0 Å². The maximum atomic E-state index is 11.4. The number of hydrogen-bond acceptors (Lipinski definition) is 3. The Kier molecular flexibility index (Phi) is 5.80. The zero-order valence-electron chi connectivity index (χ0n) is 9.52.